The third kappa shape index (κ3) is 5.48. The highest BCUT2D eigenvalue weighted by Crippen LogP contribution is 2.44. The lowest BCUT2D eigenvalue weighted by Crippen LogP contribution is -2.00. The Balaban J connectivity index is 1.06. The Bertz CT molecular complexity index is 3230. The summed E-state index contributed by atoms with van der Waals surface area (Å²) in [5.41, 5.74) is 11.5. The number of hydrogen-bond acceptors (Lipinski definition) is 5. The van der Waals surface area contributed by atoms with E-state index in [1.165, 1.54) is 37.0 Å². The molecular formula is C51H31N3OS. The van der Waals surface area contributed by atoms with Crippen molar-refractivity contribution in [2.24, 2.45) is 0 Å². The summed E-state index contributed by atoms with van der Waals surface area (Å²) < 4.78 is 9.05. The summed E-state index contributed by atoms with van der Waals surface area (Å²) in [6.45, 7) is 0. The fourth-order valence-corrected chi connectivity index (χ4v) is 9.12. The summed E-state index contributed by atoms with van der Waals surface area (Å²) in [4.78, 5) is 15.5. The minimum absolute atomic E-state index is 0.610. The molecular weight excluding hydrogens is 703 g/mol. The van der Waals surface area contributed by atoms with Crippen LogP contribution in [0.1, 0.15) is 0 Å². The third-order valence-corrected chi connectivity index (χ3v) is 11.8. The van der Waals surface area contributed by atoms with Crippen molar-refractivity contribution in [2.75, 3.05) is 0 Å². The molecule has 8 aromatic carbocycles. The smallest absolute Gasteiger partial charge is 0.164 e. The van der Waals surface area contributed by atoms with Gasteiger partial charge in [-0.1, -0.05) is 164 Å². The summed E-state index contributed by atoms with van der Waals surface area (Å²) in [6.07, 6.45) is 0. The average molecular weight is 734 g/mol. The van der Waals surface area contributed by atoms with Gasteiger partial charge in [0.15, 0.2) is 17.5 Å². The molecule has 0 saturated carbocycles. The van der Waals surface area contributed by atoms with E-state index in [1.807, 2.05) is 41.7 Å². The Morgan fingerprint density at radius 3 is 1.64 bits per heavy atom. The fraction of sp³-hybridized carbons (Fsp3) is 0. The van der Waals surface area contributed by atoms with Crippen LogP contribution in [0.3, 0.4) is 0 Å². The second kappa shape index (κ2) is 13.3. The molecule has 0 amide bonds. The molecule has 0 radical (unpaired) electrons. The molecule has 0 N–H and O–H groups in total. The Hall–Kier alpha value is -7.21. The molecule has 11 rings (SSSR count). The lowest BCUT2D eigenvalue weighted by atomic mass is 9.98. The van der Waals surface area contributed by atoms with Gasteiger partial charge in [-0.05, 0) is 52.1 Å². The minimum Gasteiger partial charge on any atom is -0.455 e. The third-order valence-electron chi connectivity index (χ3n) is 10.6. The van der Waals surface area contributed by atoms with Crippen molar-refractivity contribution in [1.82, 2.24) is 15.0 Å². The number of aromatic nitrogens is 3. The number of thiophene rings is 1. The maximum Gasteiger partial charge on any atom is 0.164 e. The molecule has 0 bridgehead atoms. The number of hydrogen-bond donors (Lipinski definition) is 0. The van der Waals surface area contributed by atoms with Gasteiger partial charge in [0.1, 0.15) is 11.2 Å². The van der Waals surface area contributed by atoms with Crippen LogP contribution in [0.2, 0.25) is 0 Å². The molecule has 5 heteroatoms. The lowest BCUT2D eigenvalue weighted by molar-refractivity contribution is 0.670. The standard InChI is InChI=1S/C51H31N3OS/c1-4-13-32(14-5-1)33-25-27-35(28-26-33)38-19-10-21-40-43-31-37(29-30-44(43)55-47(38)40)50-52-49(36-17-8-3-9-18-36)53-51(54-50)42-23-12-24-45-46(42)41-22-11-20-39(48(41)56-45)34-15-6-2-7-16-34/h1-31H. The molecule has 3 aromatic heterocycles. The summed E-state index contributed by atoms with van der Waals surface area (Å²) >= 11 is 1.81. The Labute approximate surface area is 327 Å². The quantitative estimate of drug-likeness (QED) is 0.171. The first-order valence-corrected chi connectivity index (χ1v) is 19.5. The molecule has 0 spiro atoms. The van der Waals surface area contributed by atoms with Crippen LogP contribution in [0.25, 0.3) is 110 Å². The van der Waals surface area contributed by atoms with Crippen molar-refractivity contribution in [3.05, 3.63) is 188 Å². The first-order chi connectivity index (χ1) is 27.7. The molecule has 0 atom stereocenters. The largest absolute Gasteiger partial charge is 0.455 e. The van der Waals surface area contributed by atoms with Gasteiger partial charge in [0, 0.05) is 53.2 Å². The predicted octanol–water partition coefficient (Wildman–Crippen LogP) is 14.1. The molecule has 0 aliphatic heterocycles. The molecule has 0 fully saturated rings. The number of rotatable bonds is 6. The topological polar surface area (TPSA) is 51.8 Å². The highest BCUT2D eigenvalue weighted by atomic mass is 32.1. The molecule has 0 saturated heterocycles. The summed E-state index contributed by atoms with van der Waals surface area (Å²) in [5.74, 6) is 1.88. The zero-order valence-electron chi connectivity index (χ0n) is 30.1. The second-order valence-electron chi connectivity index (χ2n) is 13.9. The van der Waals surface area contributed by atoms with Crippen LogP contribution in [0.15, 0.2) is 192 Å². The fourth-order valence-electron chi connectivity index (χ4n) is 7.86. The van der Waals surface area contributed by atoms with E-state index in [2.05, 4.69) is 158 Å². The van der Waals surface area contributed by atoms with E-state index in [1.54, 1.807) is 0 Å². The van der Waals surface area contributed by atoms with Gasteiger partial charge in [0.2, 0.25) is 0 Å². The van der Waals surface area contributed by atoms with Gasteiger partial charge in [-0.25, -0.2) is 15.0 Å². The molecule has 4 nitrogen and oxygen atoms in total. The van der Waals surface area contributed by atoms with Gasteiger partial charge >= 0.3 is 0 Å². The summed E-state index contributed by atoms with van der Waals surface area (Å²) in [6, 6.07) is 65.5. The minimum atomic E-state index is 0.610. The van der Waals surface area contributed by atoms with Gasteiger partial charge in [-0.3, -0.25) is 0 Å². The van der Waals surface area contributed by atoms with Crippen molar-refractivity contribution in [1.29, 1.82) is 0 Å². The van der Waals surface area contributed by atoms with E-state index < -0.39 is 0 Å². The highest BCUT2D eigenvalue weighted by Gasteiger charge is 2.20. The van der Waals surface area contributed by atoms with Crippen molar-refractivity contribution in [3.8, 4) is 67.5 Å². The van der Waals surface area contributed by atoms with Crippen LogP contribution < -0.4 is 0 Å². The van der Waals surface area contributed by atoms with Gasteiger partial charge in [-0.2, -0.15) is 0 Å². The Kier molecular flexibility index (Phi) is 7.64. The van der Waals surface area contributed by atoms with Crippen LogP contribution in [0.5, 0.6) is 0 Å². The zero-order chi connectivity index (χ0) is 37.0. The lowest BCUT2D eigenvalue weighted by Gasteiger charge is -2.10. The molecule has 11 aromatic rings. The molecule has 0 aliphatic rings. The van der Waals surface area contributed by atoms with E-state index in [4.69, 9.17) is 19.4 Å². The maximum atomic E-state index is 6.60. The van der Waals surface area contributed by atoms with Crippen LogP contribution in [-0.2, 0) is 0 Å². The second-order valence-corrected chi connectivity index (χ2v) is 15.0. The normalized spacial score (nSPS) is 11.6. The first kappa shape index (κ1) is 32.2. The highest BCUT2D eigenvalue weighted by molar-refractivity contribution is 7.26. The van der Waals surface area contributed by atoms with Gasteiger partial charge < -0.3 is 4.42 Å². The summed E-state index contributed by atoms with van der Waals surface area (Å²) in [7, 11) is 0. The van der Waals surface area contributed by atoms with Crippen LogP contribution in [-0.4, -0.2) is 15.0 Å². The SMILES string of the molecule is c1ccc(-c2ccc(-c3cccc4c3oc3ccc(-c5nc(-c6ccccc6)nc(-c6cccc7sc8c(-c9ccccc9)cccc8c67)n5)cc34)cc2)cc1. The van der Waals surface area contributed by atoms with Crippen molar-refractivity contribution in [3.63, 3.8) is 0 Å². The molecule has 0 aliphatic carbocycles. The van der Waals surface area contributed by atoms with Crippen molar-refractivity contribution in [2.45, 2.75) is 0 Å². The molecule has 56 heavy (non-hydrogen) atoms. The van der Waals surface area contributed by atoms with Crippen molar-refractivity contribution >= 4 is 53.4 Å². The van der Waals surface area contributed by atoms with Crippen LogP contribution in [0.4, 0.5) is 0 Å². The number of para-hydroxylation sites is 1. The Morgan fingerprint density at radius 1 is 0.357 bits per heavy atom. The van der Waals surface area contributed by atoms with Gasteiger partial charge in [0.25, 0.3) is 0 Å². The molecule has 0 unspecified atom stereocenters. The predicted molar refractivity (Wildman–Crippen MR) is 233 cm³/mol. The van der Waals surface area contributed by atoms with Crippen LogP contribution in [0, 0.1) is 0 Å². The van der Waals surface area contributed by atoms with Crippen LogP contribution >= 0.6 is 11.3 Å². The van der Waals surface area contributed by atoms with E-state index in [0.717, 1.165) is 55.1 Å². The first-order valence-electron chi connectivity index (χ1n) is 18.7. The zero-order valence-corrected chi connectivity index (χ0v) is 30.9. The van der Waals surface area contributed by atoms with Crippen molar-refractivity contribution < 1.29 is 4.42 Å². The monoisotopic (exact) mass is 733 g/mol. The van der Waals surface area contributed by atoms with E-state index in [9.17, 15) is 0 Å². The number of furan rings is 1. The van der Waals surface area contributed by atoms with E-state index >= 15 is 0 Å². The molecule has 262 valence electrons. The number of nitrogens with zero attached hydrogens (tertiary/aromatic N) is 3. The molecule has 3 heterocycles. The van der Waals surface area contributed by atoms with Gasteiger partial charge in [-0.15, -0.1) is 11.3 Å². The maximum absolute atomic E-state index is 6.60. The number of benzene rings is 8. The van der Waals surface area contributed by atoms with E-state index in [-0.39, 0.29) is 0 Å². The Morgan fingerprint density at radius 2 is 0.893 bits per heavy atom. The van der Waals surface area contributed by atoms with E-state index in [0.29, 0.717) is 17.5 Å². The summed E-state index contributed by atoms with van der Waals surface area (Å²) in [5, 5.41) is 4.42. The number of fused-ring (bicyclic) bond motifs is 6. The average Bonchev–Trinajstić information content (AvgIpc) is 3.86. The van der Waals surface area contributed by atoms with Gasteiger partial charge in [0.05, 0.1) is 0 Å².